The van der Waals surface area contributed by atoms with E-state index in [-0.39, 0.29) is 23.4 Å². The molecule has 0 spiro atoms. The minimum absolute atomic E-state index is 0.0195. The smallest absolute Gasteiger partial charge is 0.407 e. The molecular formula is C32H41F2N7O5. The van der Waals surface area contributed by atoms with Gasteiger partial charge in [0.15, 0.2) is 0 Å². The SMILES string of the molecule is CN(CCNC(=O)C1CCC(NC(=O)OC(C)(C)C)CC1)c1ccc2nccc(C(=O)NCC(=O)N3CC(F)(F)C[C@H]3C#N)c2c1. The number of fused-ring (bicyclic) bond motifs is 1. The Kier molecular flexibility index (Phi) is 10.6. The Hall–Kier alpha value is -4.54. The van der Waals surface area contributed by atoms with Crippen LogP contribution in [-0.4, -0.2) is 90.5 Å². The first-order chi connectivity index (χ1) is 21.7. The van der Waals surface area contributed by atoms with Gasteiger partial charge in [-0.2, -0.15) is 5.26 Å². The molecule has 1 saturated carbocycles. The molecule has 2 heterocycles. The number of carbonyl (C=O) groups is 4. The van der Waals surface area contributed by atoms with Gasteiger partial charge in [-0.15, -0.1) is 0 Å². The fourth-order valence-corrected chi connectivity index (χ4v) is 5.71. The van der Waals surface area contributed by atoms with Crippen molar-refractivity contribution in [1.82, 2.24) is 25.8 Å². The molecule has 3 N–H and O–H groups in total. The summed E-state index contributed by atoms with van der Waals surface area (Å²) in [5.41, 5.74) is 0.997. The van der Waals surface area contributed by atoms with Crippen LogP contribution in [0.25, 0.3) is 10.9 Å². The number of anilines is 1. The van der Waals surface area contributed by atoms with Crippen LogP contribution in [0.1, 0.15) is 63.2 Å². The monoisotopic (exact) mass is 641 g/mol. The third-order valence-electron chi connectivity index (χ3n) is 8.12. The molecule has 1 aromatic carbocycles. The van der Waals surface area contributed by atoms with Crippen LogP contribution >= 0.6 is 0 Å². The maximum absolute atomic E-state index is 13.7. The molecule has 1 atom stereocenters. The van der Waals surface area contributed by atoms with E-state index in [1.165, 1.54) is 12.3 Å². The summed E-state index contributed by atoms with van der Waals surface area (Å²) in [5.74, 6) is -4.64. The van der Waals surface area contributed by atoms with E-state index >= 15 is 0 Å². The zero-order chi connectivity index (χ0) is 33.6. The molecule has 46 heavy (non-hydrogen) atoms. The van der Waals surface area contributed by atoms with Crippen molar-refractivity contribution in [2.24, 2.45) is 5.92 Å². The van der Waals surface area contributed by atoms with Gasteiger partial charge in [0, 0.05) is 55.8 Å². The third kappa shape index (κ3) is 9.02. The first-order valence-corrected chi connectivity index (χ1v) is 15.4. The summed E-state index contributed by atoms with van der Waals surface area (Å²) in [6, 6.07) is 7.35. The van der Waals surface area contributed by atoms with E-state index < -0.39 is 55.0 Å². The van der Waals surface area contributed by atoms with Crippen molar-refractivity contribution in [3.8, 4) is 6.07 Å². The molecular weight excluding hydrogens is 600 g/mol. The van der Waals surface area contributed by atoms with Gasteiger partial charge in [0.1, 0.15) is 11.6 Å². The van der Waals surface area contributed by atoms with Gasteiger partial charge in [-0.3, -0.25) is 19.4 Å². The van der Waals surface area contributed by atoms with Gasteiger partial charge < -0.3 is 30.5 Å². The number of nitrogens with one attached hydrogen (secondary N) is 3. The number of nitriles is 1. The second-order valence-electron chi connectivity index (χ2n) is 12.9. The number of benzene rings is 1. The topological polar surface area (TPSA) is 157 Å². The van der Waals surface area contributed by atoms with E-state index in [0.29, 0.717) is 49.7 Å². The molecule has 0 radical (unpaired) electrons. The number of hydrogen-bond acceptors (Lipinski definition) is 8. The van der Waals surface area contributed by atoms with Crippen molar-refractivity contribution in [3.05, 3.63) is 36.0 Å². The number of aromatic nitrogens is 1. The van der Waals surface area contributed by atoms with E-state index in [9.17, 15) is 28.0 Å². The average Bonchev–Trinajstić information content (AvgIpc) is 3.32. The Morgan fingerprint density at radius 1 is 1.13 bits per heavy atom. The summed E-state index contributed by atoms with van der Waals surface area (Å²) >= 11 is 0. The summed E-state index contributed by atoms with van der Waals surface area (Å²) in [6.45, 7) is 4.93. The molecule has 4 rings (SSSR count). The zero-order valence-corrected chi connectivity index (χ0v) is 26.6. The number of alkyl halides is 2. The van der Waals surface area contributed by atoms with Gasteiger partial charge in [-0.25, -0.2) is 13.6 Å². The van der Waals surface area contributed by atoms with Crippen molar-refractivity contribution in [2.75, 3.05) is 38.1 Å². The van der Waals surface area contributed by atoms with Crippen LogP contribution in [0.5, 0.6) is 0 Å². The minimum atomic E-state index is -3.14. The predicted molar refractivity (Wildman–Crippen MR) is 166 cm³/mol. The maximum Gasteiger partial charge on any atom is 0.407 e. The van der Waals surface area contributed by atoms with Crippen LogP contribution in [0.15, 0.2) is 30.5 Å². The molecule has 1 aromatic heterocycles. The normalized spacial score (nSPS) is 20.8. The van der Waals surface area contributed by atoms with Crippen LogP contribution in [0, 0.1) is 17.2 Å². The second-order valence-corrected chi connectivity index (χ2v) is 12.9. The van der Waals surface area contributed by atoms with Gasteiger partial charge in [0.25, 0.3) is 11.8 Å². The molecule has 0 unspecified atom stereocenters. The molecule has 0 bridgehead atoms. The number of ether oxygens (including phenoxy) is 1. The molecule has 248 valence electrons. The highest BCUT2D eigenvalue weighted by Crippen LogP contribution is 2.32. The molecule has 12 nitrogen and oxygen atoms in total. The molecule has 14 heteroatoms. The Labute approximate surface area is 266 Å². The fraction of sp³-hybridized carbons (Fsp3) is 0.562. The van der Waals surface area contributed by atoms with E-state index in [1.54, 1.807) is 18.2 Å². The summed E-state index contributed by atoms with van der Waals surface area (Å²) in [4.78, 5) is 57.5. The number of amides is 4. The van der Waals surface area contributed by atoms with Gasteiger partial charge in [0.05, 0.1) is 30.2 Å². The lowest BCUT2D eigenvalue weighted by atomic mass is 9.85. The summed E-state index contributed by atoms with van der Waals surface area (Å²) in [7, 11) is 1.85. The summed E-state index contributed by atoms with van der Waals surface area (Å²) in [6.07, 6.45) is 3.01. The molecule has 2 fully saturated rings. The average molecular weight is 642 g/mol. The minimum Gasteiger partial charge on any atom is -0.444 e. The molecule has 1 aliphatic carbocycles. The number of alkyl carbamates (subject to hydrolysis) is 1. The Morgan fingerprint density at radius 2 is 1.85 bits per heavy atom. The summed E-state index contributed by atoms with van der Waals surface area (Å²) < 4.78 is 32.8. The fourth-order valence-electron chi connectivity index (χ4n) is 5.71. The lowest BCUT2D eigenvalue weighted by Gasteiger charge is -2.29. The molecule has 4 amide bonds. The summed E-state index contributed by atoms with van der Waals surface area (Å²) in [5, 5.41) is 18.0. The first-order valence-electron chi connectivity index (χ1n) is 15.4. The predicted octanol–water partition coefficient (Wildman–Crippen LogP) is 3.36. The Morgan fingerprint density at radius 3 is 2.52 bits per heavy atom. The molecule has 1 saturated heterocycles. The van der Waals surface area contributed by atoms with Crippen LogP contribution in [0.4, 0.5) is 19.3 Å². The molecule has 1 aliphatic heterocycles. The highest BCUT2D eigenvalue weighted by Gasteiger charge is 2.47. The first kappa shape index (κ1) is 34.3. The highest BCUT2D eigenvalue weighted by molar-refractivity contribution is 6.07. The number of likely N-dealkylation sites (tertiary alicyclic amines) is 1. The van der Waals surface area contributed by atoms with Crippen molar-refractivity contribution in [2.45, 2.75) is 76.5 Å². The molecule has 2 aliphatic rings. The van der Waals surface area contributed by atoms with Gasteiger partial charge >= 0.3 is 6.09 Å². The van der Waals surface area contributed by atoms with Gasteiger partial charge in [-0.1, -0.05) is 0 Å². The van der Waals surface area contributed by atoms with Crippen molar-refractivity contribution in [1.29, 1.82) is 5.26 Å². The van der Waals surface area contributed by atoms with E-state index in [0.717, 1.165) is 10.6 Å². The van der Waals surface area contributed by atoms with E-state index in [4.69, 9.17) is 10.00 Å². The standard InChI is InChI=1S/C32H41F2N7O5/c1-31(2,3)46-30(45)39-21-7-5-20(6-8-21)28(43)37-13-14-40(4)22-9-10-26-25(15-22)24(11-12-36-26)29(44)38-18-27(42)41-19-32(33,34)16-23(41)17-35/h9-12,15,20-21,23H,5-8,13-14,16,18-19H2,1-4H3,(H,37,43)(H,38,44)(H,39,45)/t20?,21?,23-/m0/s1. The van der Waals surface area contributed by atoms with Crippen LogP contribution in [0.2, 0.25) is 0 Å². The van der Waals surface area contributed by atoms with Crippen LogP contribution in [-0.2, 0) is 14.3 Å². The number of halogens is 2. The highest BCUT2D eigenvalue weighted by atomic mass is 19.3. The number of rotatable bonds is 9. The van der Waals surface area contributed by atoms with Crippen LogP contribution < -0.4 is 20.9 Å². The third-order valence-corrected chi connectivity index (χ3v) is 8.12. The number of likely N-dealkylation sites (N-methyl/N-ethyl adjacent to an activating group) is 1. The van der Waals surface area contributed by atoms with Crippen molar-refractivity contribution < 1.29 is 32.7 Å². The second kappa shape index (κ2) is 14.3. The quantitative estimate of drug-likeness (QED) is 0.376. The molecule has 2 aromatic rings. The van der Waals surface area contributed by atoms with Crippen molar-refractivity contribution in [3.63, 3.8) is 0 Å². The number of hydrogen-bond donors (Lipinski definition) is 3. The largest absolute Gasteiger partial charge is 0.444 e. The number of pyridine rings is 1. The van der Waals surface area contributed by atoms with Gasteiger partial charge in [0.2, 0.25) is 11.8 Å². The van der Waals surface area contributed by atoms with Gasteiger partial charge in [-0.05, 0) is 70.7 Å². The lowest BCUT2D eigenvalue weighted by molar-refractivity contribution is -0.131. The van der Waals surface area contributed by atoms with Crippen LogP contribution in [0.3, 0.4) is 0 Å². The Balaban J connectivity index is 1.27. The lowest BCUT2D eigenvalue weighted by Crippen LogP contribution is -2.43. The van der Waals surface area contributed by atoms with E-state index in [2.05, 4.69) is 20.9 Å². The Bertz CT molecular complexity index is 1500. The number of carbonyl (C=O) groups excluding carboxylic acids is 4. The maximum atomic E-state index is 13.7. The number of nitrogens with zero attached hydrogens (tertiary/aromatic N) is 4. The zero-order valence-electron chi connectivity index (χ0n) is 26.6. The van der Waals surface area contributed by atoms with Crippen molar-refractivity contribution >= 4 is 40.4 Å². The van der Waals surface area contributed by atoms with E-state index in [1.807, 2.05) is 38.8 Å².